The van der Waals surface area contributed by atoms with Gasteiger partial charge in [-0.05, 0) is 49.3 Å². The molecule has 3 fully saturated rings. The Morgan fingerprint density at radius 1 is 1.19 bits per heavy atom. The van der Waals surface area contributed by atoms with Crippen LogP contribution in [0, 0.1) is 17.0 Å². The van der Waals surface area contributed by atoms with Crippen molar-refractivity contribution in [1.29, 1.82) is 0 Å². The highest BCUT2D eigenvalue weighted by Crippen LogP contribution is 2.53. The normalized spacial score (nSPS) is 24.1. The standard InChI is InChI=1S/C20H22F2N4O/c21-15-6-5-13(9-16(15)22)19(27)26-10-14(20(11-26)7-1-2-8-20)18-23-17(24-25-18)12-3-4-12/h5-6,9,12,14H,1-4,7-8,10-11H2,(H,23,24,25). The van der Waals surface area contributed by atoms with E-state index < -0.39 is 11.6 Å². The van der Waals surface area contributed by atoms with Crippen LogP contribution in [0.5, 0.6) is 0 Å². The van der Waals surface area contributed by atoms with Gasteiger partial charge in [-0.25, -0.2) is 13.8 Å². The van der Waals surface area contributed by atoms with E-state index in [9.17, 15) is 13.6 Å². The van der Waals surface area contributed by atoms with E-state index >= 15 is 0 Å². The van der Waals surface area contributed by atoms with E-state index in [-0.39, 0.29) is 22.8 Å². The predicted molar refractivity (Wildman–Crippen MR) is 94.3 cm³/mol. The van der Waals surface area contributed by atoms with Gasteiger partial charge in [-0.2, -0.15) is 5.10 Å². The van der Waals surface area contributed by atoms with Crippen LogP contribution in [0.3, 0.4) is 0 Å². The Kier molecular flexibility index (Phi) is 3.81. The maximum absolute atomic E-state index is 13.6. The first-order valence-electron chi connectivity index (χ1n) is 9.72. The summed E-state index contributed by atoms with van der Waals surface area (Å²) in [5.41, 5.74) is 0.202. The Balaban J connectivity index is 1.43. The number of nitrogens with zero attached hydrogens (tertiary/aromatic N) is 3. The number of benzene rings is 1. The van der Waals surface area contributed by atoms with Crippen LogP contribution in [0.1, 0.15) is 72.4 Å². The van der Waals surface area contributed by atoms with Crippen LogP contribution in [0.15, 0.2) is 18.2 Å². The monoisotopic (exact) mass is 372 g/mol. The molecule has 1 unspecified atom stereocenters. The summed E-state index contributed by atoms with van der Waals surface area (Å²) in [7, 11) is 0. The second-order valence-electron chi connectivity index (χ2n) is 8.29. The number of halogens is 2. The third kappa shape index (κ3) is 2.84. The smallest absolute Gasteiger partial charge is 0.254 e. The summed E-state index contributed by atoms with van der Waals surface area (Å²) in [4.78, 5) is 19.5. The first-order chi connectivity index (χ1) is 13.1. The molecule has 0 bridgehead atoms. The molecule has 1 atom stereocenters. The number of aromatic amines is 1. The summed E-state index contributed by atoms with van der Waals surface area (Å²) in [6.07, 6.45) is 6.69. The van der Waals surface area contributed by atoms with Crippen molar-refractivity contribution >= 4 is 5.91 Å². The van der Waals surface area contributed by atoms with Crippen LogP contribution < -0.4 is 0 Å². The summed E-state index contributed by atoms with van der Waals surface area (Å²) >= 11 is 0. The lowest BCUT2D eigenvalue weighted by atomic mass is 9.76. The topological polar surface area (TPSA) is 61.9 Å². The van der Waals surface area contributed by atoms with Gasteiger partial charge in [0.1, 0.15) is 5.82 Å². The quantitative estimate of drug-likeness (QED) is 0.892. The van der Waals surface area contributed by atoms with Gasteiger partial charge in [0.2, 0.25) is 0 Å². The van der Waals surface area contributed by atoms with Crippen molar-refractivity contribution < 1.29 is 13.6 Å². The Labute approximate surface area is 156 Å². The van der Waals surface area contributed by atoms with Crippen molar-refractivity contribution in [3.63, 3.8) is 0 Å². The second-order valence-corrected chi connectivity index (χ2v) is 8.29. The van der Waals surface area contributed by atoms with Crippen molar-refractivity contribution in [1.82, 2.24) is 20.1 Å². The van der Waals surface area contributed by atoms with Gasteiger partial charge in [0.15, 0.2) is 17.5 Å². The molecule has 2 aromatic rings. The lowest BCUT2D eigenvalue weighted by molar-refractivity contribution is 0.0772. The molecule has 1 aliphatic heterocycles. The molecule has 142 valence electrons. The Hall–Kier alpha value is -2.31. The van der Waals surface area contributed by atoms with Crippen LogP contribution in [-0.4, -0.2) is 39.1 Å². The van der Waals surface area contributed by atoms with Crippen molar-refractivity contribution in [2.45, 2.75) is 50.4 Å². The van der Waals surface area contributed by atoms with Crippen molar-refractivity contribution in [3.8, 4) is 0 Å². The number of carbonyl (C=O) groups excluding carboxylic acids is 1. The maximum Gasteiger partial charge on any atom is 0.254 e. The predicted octanol–water partition coefficient (Wildman–Crippen LogP) is 3.76. The van der Waals surface area contributed by atoms with Gasteiger partial charge in [0.25, 0.3) is 5.91 Å². The number of hydrogen-bond donors (Lipinski definition) is 1. The minimum Gasteiger partial charge on any atom is -0.337 e. The zero-order chi connectivity index (χ0) is 18.6. The van der Waals surface area contributed by atoms with Crippen molar-refractivity contribution in [2.75, 3.05) is 13.1 Å². The first-order valence-corrected chi connectivity index (χ1v) is 9.72. The molecule has 0 radical (unpaired) electrons. The SMILES string of the molecule is O=C(c1ccc(F)c(F)c1)N1CC(c2nc(C3CC3)n[nH]2)C2(CCCC2)C1. The molecular formula is C20H22F2N4O. The Morgan fingerprint density at radius 3 is 2.67 bits per heavy atom. The Morgan fingerprint density at radius 2 is 1.96 bits per heavy atom. The van der Waals surface area contributed by atoms with Crippen LogP contribution in [-0.2, 0) is 0 Å². The van der Waals surface area contributed by atoms with Crippen LogP contribution >= 0.6 is 0 Å². The van der Waals surface area contributed by atoms with Crippen molar-refractivity contribution in [2.24, 2.45) is 5.41 Å². The van der Waals surface area contributed by atoms with E-state index in [4.69, 9.17) is 4.98 Å². The zero-order valence-corrected chi connectivity index (χ0v) is 15.0. The minimum absolute atomic E-state index is 0.00852. The minimum atomic E-state index is -0.989. The number of H-pyrrole nitrogens is 1. The highest BCUT2D eigenvalue weighted by molar-refractivity contribution is 5.94. The van der Waals surface area contributed by atoms with Gasteiger partial charge in [-0.1, -0.05) is 12.8 Å². The molecule has 1 saturated heterocycles. The molecule has 7 heteroatoms. The number of nitrogens with one attached hydrogen (secondary N) is 1. The third-order valence-electron chi connectivity index (χ3n) is 6.49. The van der Waals surface area contributed by atoms with E-state index in [2.05, 4.69) is 10.2 Å². The molecule has 1 aromatic heterocycles. The maximum atomic E-state index is 13.6. The molecule has 2 saturated carbocycles. The summed E-state index contributed by atoms with van der Waals surface area (Å²) in [6.45, 7) is 1.17. The number of carbonyl (C=O) groups is 1. The van der Waals surface area contributed by atoms with Crippen LogP contribution in [0.25, 0.3) is 0 Å². The molecule has 2 aliphatic carbocycles. The summed E-state index contributed by atoms with van der Waals surface area (Å²) in [5.74, 6) is 0.196. The van der Waals surface area contributed by atoms with Crippen LogP contribution in [0.4, 0.5) is 8.78 Å². The lowest BCUT2D eigenvalue weighted by Gasteiger charge is -2.28. The first kappa shape index (κ1) is 16.8. The van der Waals surface area contributed by atoms with Crippen LogP contribution in [0.2, 0.25) is 0 Å². The van der Waals surface area contributed by atoms with E-state index in [1.54, 1.807) is 4.90 Å². The number of aromatic nitrogens is 3. The number of likely N-dealkylation sites (tertiary alicyclic amines) is 1. The second kappa shape index (κ2) is 6.11. The molecular weight excluding hydrogens is 350 g/mol. The lowest BCUT2D eigenvalue weighted by Crippen LogP contribution is -2.31. The van der Waals surface area contributed by atoms with E-state index in [1.807, 2.05) is 0 Å². The summed E-state index contributed by atoms with van der Waals surface area (Å²) < 4.78 is 26.8. The molecule has 1 aromatic carbocycles. The number of hydrogen-bond acceptors (Lipinski definition) is 3. The van der Waals surface area contributed by atoms with Crippen molar-refractivity contribution in [3.05, 3.63) is 47.0 Å². The van der Waals surface area contributed by atoms with E-state index in [1.165, 1.54) is 6.07 Å². The molecule has 5 nitrogen and oxygen atoms in total. The highest BCUT2D eigenvalue weighted by atomic mass is 19.2. The summed E-state index contributed by atoms with van der Waals surface area (Å²) in [6, 6.07) is 3.36. The van der Waals surface area contributed by atoms with E-state index in [0.29, 0.717) is 19.0 Å². The number of rotatable bonds is 3. The van der Waals surface area contributed by atoms with Gasteiger partial charge in [0.05, 0.1) is 0 Å². The zero-order valence-electron chi connectivity index (χ0n) is 15.0. The largest absolute Gasteiger partial charge is 0.337 e. The third-order valence-corrected chi connectivity index (χ3v) is 6.49. The fourth-order valence-electron chi connectivity index (χ4n) is 4.87. The average molecular weight is 372 g/mol. The number of amides is 1. The molecule has 2 heterocycles. The summed E-state index contributed by atoms with van der Waals surface area (Å²) in [5, 5.41) is 7.52. The molecule has 3 aliphatic rings. The van der Waals surface area contributed by atoms with E-state index in [0.717, 1.165) is 62.3 Å². The van der Waals surface area contributed by atoms with Gasteiger partial charge in [-0.3, -0.25) is 9.89 Å². The highest BCUT2D eigenvalue weighted by Gasteiger charge is 2.51. The van der Waals surface area contributed by atoms with Gasteiger partial charge in [-0.15, -0.1) is 0 Å². The molecule has 5 rings (SSSR count). The molecule has 27 heavy (non-hydrogen) atoms. The van der Waals surface area contributed by atoms with Gasteiger partial charge < -0.3 is 4.90 Å². The van der Waals surface area contributed by atoms with Gasteiger partial charge >= 0.3 is 0 Å². The Bertz CT molecular complexity index is 886. The fraction of sp³-hybridized carbons (Fsp3) is 0.550. The fourth-order valence-corrected chi connectivity index (χ4v) is 4.87. The average Bonchev–Trinajstić information content (AvgIpc) is 3.09. The molecule has 1 spiro atoms. The molecule has 1 N–H and O–H groups in total. The molecule has 1 amide bonds. The van der Waals surface area contributed by atoms with Gasteiger partial charge in [0, 0.05) is 30.5 Å².